The first-order valence-electron chi connectivity index (χ1n) is 13.9. The lowest BCUT2D eigenvalue weighted by Gasteiger charge is -2.37. The number of piperidine rings is 1. The second kappa shape index (κ2) is 13.1. The molecule has 0 radical (unpaired) electrons. The highest BCUT2D eigenvalue weighted by molar-refractivity contribution is 5.79. The molecule has 2 aromatic rings. The Bertz CT molecular complexity index is 1180. The standard InChI is InChI=1S/C30H38FN5O3/c31-26-5-1-3-22(15-26)18-34-29(37)17-23-8-11-36-21-24(23)4-2-14-39-28-7-6-27(35-12-9-32-10-13-35)16-25(28)19-33-20-30(36)38/h1-7,15-16,23-24,32-33H,8-14,17-21H2,(H,34,37)/b4-2+/t23-,24-/m0/s1. The summed E-state index contributed by atoms with van der Waals surface area (Å²) in [5.74, 6) is 0.683. The number of hydrogen-bond donors (Lipinski definition) is 3. The number of carbonyl (C=O) groups is 2. The number of rotatable bonds is 5. The molecule has 208 valence electrons. The predicted molar refractivity (Wildman–Crippen MR) is 149 cm³/mol. The van der Waals surface area contributed by atoms with Gasteiger partial charge in [-0.1, -0.05) is 24.3 Å². The molecular formula is C30H38FN5O3. The van der Waals surface area contributed by atoms with Crippen molar-refractivity contribution in [3.63, 3.8) is 0 Å². The molecular weight excluding hydrogens is 497 g/mol. The quantitative estimate of drug-likeness (QED) is 0.510. The van der Waals surface area contributed by atoms with Gasteiger partial charge < -0.3 is 30.5 Å². The van der Waals surface area contributed by atoms with Crippen LogP contribution in [-0.4, -0.2) is 69.1 Å². The summed E-state index contributed by atoms with van der Waals surface area (Å²) in [6.07, 6.45) is 5.23. The summed E-state index contributed by atoms with van der Waals surface area (Å²) >= 11 is 0. The van der Waals surface area contributed by atoms with Crippen LogP contribution in [0.3, 0.4) is 0 Å². The van der Waals surface area contributed by atoms with Crippen LogP contribution in [0.15, 0.2) is 54.6 Å². The molecule has 0 aromatic heterocycles. The summed E-state index contributed by atoms with van der Waals surface area (Å²) < 4.78 is 19.6. The summed E-state index contributed by atoms with van der Waals surface area (Å²) in [4.78, 5) is 30.1. The Balaban J connectivity index is 1.23. The van der Waals surface area contributed by atoms with Crippen molar-refractivity contribution in [1.82, 2.24) is 20.9 Å². The summed E-state index contributed by atoms with van der Waals surface area (Å²) in [6.45, 7) is 6.61. The van der Waals surface area contributed by atoms with Crippen LogP contribution < -0.4 is 25.6 Å². The van der Waals surface area contributed by atoms with Gasteiger partial charge in [0.15, 0.2) is 0 Å². The molecule has 8 nitrogen and oxygen atoms in total. The number of ether oxygens (including phenoxy) is 1. The van der Waals surface area contributed by atoms with Crippen molar-refractivity contribution >= 4 is 17.5 Å². The number of nitrogens with zero attached hydrogens (tertiary/aromatic N) is 2. The average molecular weight is 536 g/mol. The Morgan fingerprint density at radius 1 is 1.05 bits per heavy atom. The number of carbonyl (C=O) groups excluding carboxylic acids is 2. The van der Waals surface area contributed by atoms with Crippen LogP contribution in [0.2, 0.25) is 0 Å². The van der Waals surface area contributed by atoms with Gasteiger partial charge in [-0.2, -0.15) is 0 Å². The summed E-state index contributed by atoms with van der Waals surface area (Å²) in [5, 5.41) is 9.64. The van der Waals surface area contributed by atoms with Gasteiger partial charge in [-0.25, -0.2) is 4.39 Å². The zero-order valence-electron chi connectivity index (χ0n) is 22.3. The smallest absolute Gasteiger partial charge is 0.236 e. The fourth-order valence-corrected chi connectivity index (χ4v) is 5.64. The molecule has 9 heteroatoms. The number of piperazine rings is 1. The van der Waals surface area contributed by atoms with Crippen LogP contribution in [0, 0.1) is 17.7 Å². The van der Waals surface area contributed by atoms with E-state index in [1.165, 1.54) is 17.8 Å². The fraction of sp³-hybridized carbons (Fsp3) is 0.467. The third kappa shape index (κ3) is 7.36. The topological polar surface area (TPSA) is 85.9 Å². The van der Waals surface area contributed by atoms with Crippen LogP contribution in [0.5, 0.6) is 5.75 Å². The molecule has 3 aliphatic heterocycles. The minimum absolute atomic E-state index is 0.0570. The number of nitrogens with one attached hydrogen (secondary N) is 3. The minimum Gasteiger partial charge on any atom is -0.489 e. The molecule has 39 heavy (non-hydrogen) atoms. The highest BCUT2D eigenvalue weighted by Crippen LogP contribution is 2.29. The molecule has 0 aliphatic carbocycles. The van der Waals surface area contributed by atoms with E-state index in [-0.39, 0.29) is 36.0 Å². The lowest BCUT2D eigenvalue weighted by molar-refractivity contribution is -0.132. The highest BCUT2D eigenvalue weighted by Gasteiger charge is 2.31. The highest BCUT2D eigenvalue weighted by atomic mass is 19.1. The predicted octanol–water partition coefficient (Wildman–Crippen LogP) is 2.44. The Morgan fingerprint density at radius 3 is 2.77 bits per heavy atom. The molecule has 0 spiro atoms. The van der Waals surface area contributed by atoms with Gasteiger partial charge in [-0.3, -0.25) is 9.59 Å². The van der Waals surface area contributed by atoms with Crippen molar-refractivity contribution in [1.29, 1.82) is 0 Å². The maximum atomic E-state index is 13.5. The van der Waals surface area contributed by atoms with Crippen LogP contribution >= 0.6 is 0 Å². The molecule has 5 rings (SSSR count). The van der Waals surface area contributed by atoms with E-state index in [4.69, 9.17) is 4.74 Å². The van der Waals surface area contributed by atoms with Gasteiger partial charge in [-0.15, -0.1) is 0 Å². The number of halogens is 1. The van der Waals surface area contributed by atoms with Crippen LogP contribution in [-0.2, 0) is 22.7 Å². The largest absolute Gasteiger partial charge is 0.489 e. The monoisotopic (exact) mass is 535 g/mol. The molecule has 2 aromatic carbocycles. The maximum absolute atomic E-state index is 13.5. The summed E-state index contributed by atoms with van der Waals surface area (Å²) in [5.41, 5.74) is 2.94. The molecule has 2 amide bonds. The Hall–Kier alpha value is -3.43. The lowest BCUT2D eigenvalue weighted by atomic mass is 9.82. The molecule has 3 heterocycles. The first-order valence-corrected chi connectivity index (χ1v) is 13.9. The molecule has 2 saturated heterocycles. The molecule has 2 atom stereocenters. The number of benzene rings is 2. The Morgan fingerprint density at radius 2 is 1.92 bits per heavy atom. The maximum Gasteiger partial charge on any atom is 0.236 e. The minimum atomic E-state index is -0.313. The van der Waals surface area contributed by atoms with Gasteiger partial charge in [0.2, 0.25) is 11.8 Å². The van der Waals surface area contributed by atoms with E-state index in [1.54, 1.807) is 12.1 Å². The molecule has 0 unspecified atom stereocenters. The second-order valence-electron chi connectivity index (χ2n) is 10.5. The van der Waals surface area contributed by atoms with Crippen molar-refractivity contribution in [3.8, 4) is 5.75 Å². The van der Waals surface area contributed by atoms with Crippen molar-refractivity contribution in [3.05, 3.63) is 71.6 Å². The van der Waals surface area contributed by atoms with Crippen LogP contribution in [0.25, 0.3) is 0 Å². The molecule has 0 saturated carbocycles. The van der Waals surface area contributed by atoms with Gasteiger partial charge in [0.1, 0.15) is 18.2 Å². The van der Waals surface area contributed by atoms with E-state index in [2.05, 4.69) is 39.1 Å². The zero-order valence-corrected chi connectivity index (χ0v) is 22.3. The van der Waals surface area contributed by atoms with E-state index in [0.717, 1.165) is 49.5 Å². The van der Waals surface area contributed by atoms with E-state index in [0.29, 0.717) is 39.2 Å². The van der Waals surface area contributed by atoms with Gasteiger partial charge in [0.25, 0.3) is 0 Å². The Kier molecular flexibility index (Phi) is 9.11. The van der Waals surface area contributed by atoms with Gasteiger partial charge in [0.05, 0.1) is 6.54 Å². The SMILES string of the molecule is O=C(C[C@@H]1CCN2C[C@@H]1/C=C/COc1ccc(N3CCNCC3)cc1CNCC2=O)NCc1cccc(F)c1. The van der Waals surface area contributed by atoms with E-state index in [9.17, 15) is 14.0 Å². The third-order valence-corrected chi connectivity index (χ3v) is 7.82. The average Bonchev–Trinajstić information content (AvgIpc) is 2.96. The first-order chi connectivity index (χ1) is 19.0. The number of fused-ring (bicyclic) bond motifs is 3. The third-order valence-electron chi connectivity index (χ3n) is 7.82. The van der Waals surface area contributed by atoms with E-state index < -0.39 is 0 Å². The normalized spacial score (nSPS) is 22.9. The number of anilines is 1. The molecule has 2 bridgehead atoms. The summed E-state index contributed by atoms with van der Waals surface area (Å²) in [6, 6.07) is 12.6. The molecule has 2 fully saturated rings. The van der Waals surface area contributed by atoms with E-state index >= 15 is 0 Å². The molecule has 3 N–H and O–H groups in total. The van der Waals surface area contributed by atoms with Crippen molar-refractivity contribution < 1.29 is 18.7 Å². The fourth-order valence-electron chi connectivity index (χ4n) is 5.64. The van der Waals surface area contributed by atoms with Gasteiger partial charge in [-0.05, 0) is 54.2 Å². The Labute approximate surface area is 229 Å². The van der Waals surface area contributed by atoms with Gasteiger partial charge >= 0.3 is 0 Å². The van der Waals surface area contributed by atoms with Crippen LogP contribution in [0.4, 0.5) is 10.1 Å². The van der Waals surface area contributed by atoms with Crippen LogP contribution in [0.1, 0.15) is 24.0 Å². The van der Waals surface area contributed by atoms with Crippen molar-refractivity contribution in [2.75, 3.05) is 57.3 Å². The van der Waals surface area contributed by atoms with E-state index in [1.807, 2.05) is 17.0 Å². The summed E-state index contributed by atoms with van der Waals surface area (Å²) in [7, 11) is 0. The zero-order chi connectivity index (χ0) is 27.0. The number of amides is 2. The van der Waals surface area contributed by atoms with Gasteiger partial charge in [0, 0.05) is 70.0 Å². The van der Waals surface area contributed by atoms with Crippen molar-refractivity contribution in [2.45, 2.75) is 25.9 Å². The second-order valence-corrected chi connectivity index (χ2v) is 10.5. The molecule has 3 aliphatic rings. The first kappa shape index (κ1) is 27.1. The van der Waals surface area contributed by atoms with Crippen molar-refractivity contribution in [2.24, 2.45) is 11.8 Å². The lowest BCUT2D eigenvalue weighted by Crippen LogP contribution is -2.47. The number of hydrogen-bond acceptors (Lipinski definition) is 6.